The molecular weight excluding hydrogens is 901 g/mol. The van der Waals surface area contributed by atoms with Crippen molar-refractivity contribution in [2.45, 2.75) is 0 Å². The molecular formula is C66H40N2OS2. The highest BCUT2D eigenvalue weighted by molar-refractivity contribution is 7.26. The van der Waals surface area contributed by atoms with Crippen molar-refractivity contribution in [2.24, 2.45) is 0 Å². The van der Waals surface area contributed by atoms with Crippen LogP contribution in [-0.4, -0.2) is 4.57 Å². The number of furan rings is 1. The van der Waals surface area contributed by atoms with Crippen LogP contribution in [0.5, 0.6) is 0 Å². The van der Waals surface area contributed by atoms with E-state index in [1.54, 1.807) is 0 Å². The van der Waals surface area contributed by atoms with Gasteiger partial charge in [-0.3, -0.25) is 0 Å². The van der Waals surface area contributed by atoms with Gasteiger partial charge in [-0.25, -0.2) is 0 Å². The summed E-state index contributed by atoms with van der Waals surface area (Å²) in [6.07, 6.45) is 0. The molecule has 0 fully saturated rings. The number of aromatic nitrogens is 1. The van der Waals surface area contributed by atoms with E-state index < -0.39 is 0 Å². The molecule has 0 radical (unpaired) electrons. The van der Waals surface area contributed by atoms with Gasteiger partial charge in [0.2, 0.25) is 0 Å². The van der Waals surface area contributed by atoms with Crippen molar-refractivity contribution in [2.75, 3.05) is 4.90 Å². The van der Waals surface area contributed by atoms with Crippen molar-refractivity contribution >= 4 is 124 Å². The van der Waals surface area contributed by atoms with E-state index in [4.69, 9.17) is 4.42 Å². The highest BCUT2D eigenvalue weighted by atomic mass is 32.1. The summed E-state index contributed by atoms with van der Waals surface area (Å²) >= 11 is 3.74. The van der Waals surface area contributed by atoms with Gasteiger partial charge in [0.05, 0.1) is 16.7 Å². The first-order chi connectivity index (χ1) is 35.2. The van der Waals surface area contributed by atoms with Crippen LogP contribution in [0.1, 0.15) is 0 Å². The van der Waals surface area contributed by atoms with Crippen LogP contribution in [0.3, 0.4) is 0 Å². The second-order valence-corrected chi connectivity index (χ2v) is 20.5. The van der Waals surface area contributed by atoms with Gasteiger partial charge in [-0.05, 0) is 118 Å². The zero-order valence-corrected chi connectivity index (χ0v) is 39.8. The van der Waals surface area contributed by atoms with Crippen molar-refractivity contribution in [3.63, 3.8) is 0 Å². The first-order valence-corrected chi connectivity index (χ1v) is 25.7. The maximum atomic E-state index is 6.34. The third-order valence-corrected chi connectivity index (χ3v) is 16.8. The number of hydrogen-bond acceptors (Lipinski definition) is 4. The van der Waals surface area contributed by atoms with Gasteiger partial charge in [-0.2, -0.15) is 0 Å². The molecule has 11 aromatic carbocycles. The molecule has 3 nitrogen and oxygen atoms in total. The monoisotopic (exact) mass is 940 g/mol. The van der Waals surface area contributed by atoms with E-state index in [1.165, 1.54) is 84.4 Å². The second kappa shape index (κ2) is 15.9. The van der Waals surface area contributed by atoms with Gasteiger partial charge < -0.3 is 13.9 Å². The number of rotatable bonds is 7. The summed E-state index contributed by atoms with van der Waals surface area (Å²) in [7, 11) is 0. The summed E-state index contributed by atoms with van der Waals surface area (Å²) in [6, 6.07) is 88.7. The molecule has 0 spiro atoms. The Kier molecular flexibility index (Phi) is 9.00. The van der Waals surface area contributed by atoms with E-state index in [9.17, 15) is 0 Å². The average molecular weight is 941 g/mol. The van der Waals surface area contributed by atoms with Gasteiger partial charge in [-0.1, -0.05) is 158 Å². The number of thiophene rings is 2. The van der Waals surface area contributed by atoms with Crippen LogP contribution >= 0.6 is 22.7 Å². The van der Waals surface area contributed by atoms with Crippen molar-refractivity contribution in [1.82, 2.24) is 4.57 Å². The van der Waals surface area contributed by atoms with E-state index in [0.29, 0.717) is 0 Å². The Hall–Kier alpha value is -8.74. The van der Waals surface area contributed by atoms with Gasteiger partial charge in [0.1, 0.15) is 11.2 Å². The molecule has 0 amide bonds. The lowest BCUT2D eigenvalue weighted by molar-refractivity contribution is 0.669. The van der Waals surface area contributed by atoms with Crippen molar-refractivity contribution < 1.29 is 4.42 Å². The normalized spacial score (nSPS) is 11.9. The molecule has 0 unspecified atom stereocenters. The van der Waals surface area contributed by atoms with Gasteiger partial charge in [0.15, 0.2) is 0 Å². The molecule has 15 aromatic rings. The van der Waals surface area contributed by atoms with Crippen LogP contribution in [0.2, 0.25) is 0 Å². The lowest BCUT2D eigenvalue weighted by Crippen LogP contribution is -2.10. The summed E-state index contributed by atoms with van der Waals surface area (Å²) < 4.78 is 13.9. The first-order valence-electron chi connectivity index (χ1n) is 24.1. The highest BCUT2D eigenvalue weighted by Crippen LogP contribution is 2.50. The molecule has 0 bridgehead atoms. The predicted octanol–water partition coefficient (Wildman–Crippen LogP) is 19.9. The van der Waals surface area contributed by atoms with E-state index in [0.717, 1.165) is 55.8 Å². The van der Waals surface area contributed by atoms with E-state index in [1.807, 2.05) is 28.7 Å². The van der Waals surface area contributed by atoms with Gasteiger partial charge in [-0.15, -0.1) is 22.7 Å². The summed E-state index contributed by atoms with van der Waals surface area (Å²) in [6.45, 7) is 0. The van der Waals surface area contributed by atoms with Crippen LogP contribution < -0.4 is 4.90 Å². The minimum absolute atomic E-state index is 0.896. The molecule has 0 saturated heterocycles. The van der Waals surface area contributed by atoms with Crippen LogP contribution in [0, 0.1) is 0 Å². The Labute approximate surface area is 416 Å². The number of hydrogen-bond donors (Lipinski definition) is 0. The SMILES string of the molecule is c1cc(-c2ccc(N(c3ccc(-c4cccc5oc6ccccc6c45)cc3)c3ccc(-c4cccc5sc6ccccc6c45)cc3)c3c2sc2ccccc23)cc(-n2c3ccccc3c3ccccc32)c1. The molecule has 5 heteroatoms. The molecule has 0 saturated carbocycles. The van der Waals surface area contributed by atoms with E-state index in [-0.39, 0.29) is 0 Å². The third-order valence-electron chi connectivity index (χ3n) is 14.4. The topological polar surface area (TPSA) is 21.3 Å². The Morgan fingerprint density at radius 2 is 0.873 bits per heavy atom. The van der Waals surface area contributed by atoms with Crippen molar-refractivity contribution in [3.05, 3.63) is 243 Å². The summed E-state index contributed by atoms with van der Waals surface area (Å²) in [4.78, 5) is 2.46. The highest BCUT2D eigenvalue weighted by Gasteiger charge is 2.23. The smallest absolute Gasteiger partial charge is 0.136 e. The van der Waals surface area contributed by atoms with Gasteiger partial charge >= 0.3 is 0 Å². The molecule has 0 atom stereocenters. The number of benzene rings is 11. The molecule has 4 heterocycles. The molecule has 332 valence electrons. The van der Waals surface area contributed by atoms with Crippen LogP contribution in [0.15, 0.2) is 247 Å². The fourth-order valence-electron chi connectivity index (χ4n) is 11.3. The maximum absolute atomic E-state index is 6.34. The fourth-order valence-corrected chi connectivity index (χ4v) is 13.7. The molecule has 15 rings (SSSR count). The zero-order chi connectivity index (χ0) is 46.6. The van der Waals surface area contributed by atoms with Crippen LogP contribution in [0.25, 0.3) is 123 Å². The lowest BCUT2D eigenvalue weighted by atomic mass is 9.97. The van der Waals surface area contributed by atoms with Gasteiger partial charge in [0, 0.05) is 79.0 Å². The number of para-hydroxylation sites is 3. The number of anilines is 3. The average Bonchev–Trinajstić information content (AvgIpc) is 4.21. The zero-order valence-electron chi connectivity index (χ0n) is 38.2. The van der Waals surface area contributed by atoms with Crippen LogP contribution in [-0.2, 0) is 0 Å². The largest absolute Gasteiger partial charge is 0.456 e. The van der Waals surface area contributed by atoms with Crippen LogP contribution in [0.4, 0.5) is 17.1 Å². The molecule has 0 aliphatic heterocycles. The molecule has 0 aliphatic carbocycles. The number of nitrogens with zero attached hydrogens (tertiary/aromatic N) is 2. The summed E-state index contributed by atoms with van der Waals surface area (Å²) in [5.41, 5.74) is 15.8. The lowest BCUT2D eigenvalue weighted by Gasteiger charge is -2.27. The molecule has 0 aliphatic rings. The Bertz CT molecular complexity index is 4380. The van der Waals surface area contributed by atoms with Gasteiger partial charge in [0.25, 0.3) is 0 Å². The maximum Gasteiger partial charge on any atom is 0.136 e. The Morgan fingerprint density at radius 3 is 1.58 bits per heavy atom. The first kappa shape index (κ1) is 40.2. The Morgan fingerprint density at radius 1 is 0.338 bits per heavy atom. The minimum Gasteiger partial charge on any atom is -0.456 e. The fraction of sp³-hybridized carbons (Fsp3) is 0. The van der Waals surface area contributed by atoms with E-state index in [2.05, 4.69) is 246 Å². The standard InChI is InChI=1S/C66H40N2OS2/c1-6-23-55-50(16-1)51-17-2-7-24-56(51)68(55)46-15-11-14-43(40-46)49-38-39-57(65-54-20-5-10-28-61(54)71-66(49)65)67(44-34-30-41(31-35-44)47-21-12-26-59-63(47)52-18-3-8-25-58(52)69-59)45-36-32-42(33-37-45)48-22-13-29-62-64(48)53-19-4-9-27-60(53)70-62/h1-40H. The number of fused-ring (bicyclic) bond motifs is 12. The minimum atomic E-state index is 0.896. The molecule has 0 N–H and O–H groups in total. The molecule has 4 aromatic heterocycles. The summed E-state index contributed by atoms with van der Waals surface area (Å²) in [5, 5.41) is 9.89. The molecule has 71 heavy (non-hydrogen) atoms. The predicted molar refractivity (Wildman–Crippen MR) is 305 cm³/mol. The quantitative estimate of drug-likeness (QED) is 0.159. The Balaban J connectivity index is 0.919. The second-order valence-electron chi connectivity index (χ2n) is 18.3. The summed E-state index contributed by atoms with van der Waals surface area (Å²) in [5.74, 6) is 0. The third kappa shape index (κ3) is 6.27. The van der Waals surface area contributed by atoms with Crippen molar-refractivity contribution in [1.29, 1.82) is 0 Å². The van der Waals surface area contributed by atoms with E-state index >= 15 is 0 Å². The van der Waals surface area contributed by atoms with Crippen molar-refractivity contribution in [3.8, 4) is 39.1 Å².